The second kappa shape index (κ2) is 12.1. The summed E-state index contributed by atoms with van der Waals surface area (Å²) in [5.74, 6) is -0.532. The zero-order chi connectivity index (χ0) is 32.7. The number of ether oxygens (including phenoxy) is 1. The normalized spacial score (nSPS) is 17.7. The number of anilines is 3. The first-order valence-electron chi connectivity index (χ1n) is 15.7. The number of aryl methyl sites for hydroxylation is 1. The molecule has 0 spiro atoms. The van der Waals surface area contributed by atoms with Gasteiger partial charge in [-0.05, 0) is 59.8 Å². The van der Waals surface area contributed by atoms with E-state index < -0.39 is 17.4 Å². The first-order chi connectivity index (χ1) is 22.8. The molecule has 47 heavy (non-hydrogen) atoms. The fourth-order valence-corrected chi connectivity index (χ4v) is 6.68. The molecule has 0 unspecified atom stereocenters. The summed E-state index contributed by atoms with van der Waals surface area (Å²) >= 11 is 0. The van der Waals surface area contributed by atoms with Crippen molar-refractivity contribution in [2.24, 2.45) is 5.92 Å². The van der Waals surface area contributed by atoms with Crippen molar-refractivity contribution in [1.29, 1.82) is 0 Å². The van der Waals surface area contributed by atoms with Crippen LogP contribution < -0.4 is 14.5 Å². The van der Waals surface area contributed by atoms with Gasteiger partial charge in [0.15, 0.2) is 5.60 Å². The topological polar surface area (TPSA) is 121 Å². The van der Waals surface area contributed by atoms with Crippen molar-refractivity contribution in [3.8, 4) is 5.75 Å². The van der Waals surface area contributed by atoms with Gasteiger partial charge < -0.3 is 19.8 Å². The Balaban J connectivity index is 1.15. The molecule has 7 rings (SSSR count). The number of hydrogen-bond donors (Lipinski definition) is 2. The highest BCUT2D eigenvalue weighted by atomic mass is 16.5. The molecule has 2 aliphatic rings. The van der Waals surface area contributed by atoms with Crippen molar-refractivity contribution in [2.45, 2.75) is 38.5 Å². The van der Waals surface area contributed by atoms with Crippen molar-refractivity contribution in [3.05, 3.63) is 120 Å². The van der Waals surface area contributed by atoms with E-state index in [9.17, 15) is 14.7 Å². The number of aromatic nitrogens is 3. The van der Waals surface area contributed by atoms with Gasteiger partial charge in [0.05, 0.1) is 36.3 Å². The largest absolute Gasteiger partial charge is 0.497 e. The minimum absolute atomic E-state index is 0.0151. The molecule has 0 saturated carbocycles. The van der Waals surface area contributed by atoms with Gasteiger partial charge in [0.2, 0.25) is 0 Å². The fraction of sp³-hybridized carbons (Fsp3) is 0.243. The average molecular weight is 630 g/mol. The second-order valence-electron chi connectivity index (χ2n) is 12.0. The molecule has 0 bridgehead atoms. The number of benzene rings is 4. The van der Waals surface area contributed by atoms with Crippen molar-refractivity contribution in [1.82, 2.24) is 15.0 Å². The Morgan fingerprint density at radius 2 is 1.81 bits per heavy atom. The van der Waals surface area contributed by atoms with Gasteiger partial charge >= 0.3 is 0 Å². The van der Waals surface area contributed by atoms with Crippen LogP contribution in [0, 0.1) is 5.92 Å². The number of carbonyl (C=O) groups excluding carboxylic acids is 2. The lowest BCUT2D eigenvalue weighted by Crippen LogP contribution is -2.44. The second-order valence-corrected chi connectivity index (χ2v) is 12.0. The van der Waals surface area contributed by atoms with Crippen LogP contribution in [0.25, 0.3) is 10.8 Å². The highest BCUT2D eigenvalue weighted by Gasteiger charge is 2.52. The van der Waals surface area contributed by atoms with Crippen LogP contribution in [0.15, 0.2) is 97.2 Å². The minimum atomic E-state index is -1.82. The molecule has 4 aromatic carbocycles. The molecule has 2 atom stereocenters. The number of methoxy groups -OCH3 is 1. The van der Waals surface area contributed by atoms with E-state index in [-0.39, 0.29) is 19.1 Å². The highest BCUT2D eigenvalue weighted by molar-refractivity contribution is 6.27. The van der Waals surface area contributed by atoms with E-state index >= 15 is 0 Å². The molecule has 10 nitrogen and oxygen atoms in total. The fourth-order valence-electron chi connectivity index (χ4n) is 6.68. The molecule has 238 valence electrons. The summed E-state index contributed by atoms with van der Waals surface area (Å²) in [5, 5.41) is 31.4. The van der Waals surface area contributed by atoms with Crippen LogP contribution in [0.1, 0.15) is 40.5 Å². The number of amides is 2. The number of carbonyl (C=O) groups is 2. The maximum Gasteiger partial charge on any atom is 0.264 e. The van der Waals surface area contributed by atoms with Gasteiger partial charge in [-0.1, -0.05) is 60.7 Å². The van der Waals surface area contributed by atoms with Gasteiger partial charge in [-0.2, -0.15) is 0 Å². The maximum absolute atomic E-state index is 14.2. The van der Waals surface area contributed by atoms with Crippen LogP contribution in [-0.4, -0.2) is 50.7 Å². The lowest BCUT2D eigenvalue weighted by atomic mass is 9.83. The lowest BCUT2D eigenvalue weighted by Gasteiger charge is -2.28. The van der Waals surface area contributed by atoms with Gasteiger partial charge in [-0.25, -0.2) is 0 Å². The predicted octanol–water partition coefficient (Wildman–Crippen LogP) is 5.28. The maximum atomic E-state index is 14.2. The van der Waals surface area contributed by atoms with Gasteiger partial charge in [0.25, 0.3) is 11.8 Å². The molecule has 5 aromatic rings. The number of fused-ring (bicyclic) bond motifs is 1. The Morgan fingerprint density at radius 3 is 2.62 bits per heavy atom. The summed E-state index contributed by atoms with van der Waals surface area (Å²) in [5.41, 5.74) is 3.02. The predicted molar refractivity (Wildman–Crippen MR) is 179 cm³/mol. The zero-order valence-corrected chi connectivity index (χ0v) is 26.2. The Bertz CT molecular complexity index is 2030. The number of allylic oxidation sites excluding steroid dienone is 1. The van der Waals surface area contributed by atoms with E-state index in [1.807, 2.05) is 79.7 Å². The third-order valence-corrected chi connectivity index (χ3v) is 9.11. The standard InChI is InChI=1S/C37H35N5O5/c1-24(8-3-4-18-40-23-27(17-19-43)38-39-40)37(46)31-21-29(47-2)15-16-32(31)41(36(37)45)22-25-9-5-12-28(20-25)42-33-14-7-11-26-10-6-13-30(34(26)33)35(42)44/h3,5-16,20-21,23-24,43,46H,4,17-19,22H2,1-2H3/b8-3+/t24-,37+/m0/s1. The molecule has 2 aliphatic heterocycles. The van der Waals surface area contributed by atoms with Crippen molar-refractivity contribution in [3.63, 3.8) is 0 Å². The molecule has 0 aliphatic carbocycles. The number of hydrogen-bond acceptors (Lipinski definition) is 7. The van der Waals surface area contributed by atoms with Gasteiger partial charge in [-0.15, -0.1) is 5.10 Å². The molecular weight excluding hydrogens is 594 g/mol. The Hall–Kier alpha value is -5.32. The van der Waals surface area contributed by atoms with E-state index in [2.05, 4.69) is 10.3 Å². The number of nitrogens with zero attached hydrogens (tertiary/aromatic N) is 5. The average Bonchev–Trinajstić information content (AvgIpc) is 3.72. The van der Waals surface area contributed by atoms with E-state index in [0.29, 0.717) is 47.6 Å². The number of aliphatic hydroxyl groups excluding tert-OH is 1. The summed E-state index contributed by atoms with van der Waals surface area (Å²) in [6.45, 7) is 2.61. The van der Waals surface area contributed by atoms with Crippen LogP contribution in [0.4, 0.5) is 17.1 Å². The van der Waals surface area contributed by atoms with E-state index in [0.717, 1.165) is 27.7 Å². The third kappa shape index (κ3) is 5.15. The Morgan fingerprint density at radius 1 is 1.00 bits per heavy atom. The van der Waals surface area contributed by atoms with Crippen LogP contribution >= 0.6 is 0 Å². The van der Waals surface area contributed by atoms with E-state index in [1.54, 1.807) is 46.0 Å². The Kier molecular flexibility index (Phi) is 7.83. The number of aliphatic hydroxyl groups is 2. The van der Waals surface area contributed by atoms with Crippen molar-refractivity contribution in [2.75, 3.05) is 23.5 Å². The smallest absolute Gasteiger partial charge is 0.264 e. The van der Waals surface area contributed by atoms with Gasteiger partial charge in [0.1, 0.15) is 5.75 Å². The first-order valence-corrected chi connectivity index (χ1v) is 15.7. The molecule has 1 aromatic heterocycles. The summed E-state index contributed by atoms with van der Waals surface area (Å²) in [6, 6.07) is 24.6. The SMILES string of the molecule is COc1ccc2c(c1)[C@](O)([C@@H](C)/C=C/CCn1cc(CCO)nn1)C(=O)N2Cc1cccc(N2C(=O)c3cccc4cccc2c34)c1. The molecule has 2 amide bonds. The summed E-state index contributed by atoms with van der Waals surface area (Å²) in [7, 11) is 1.55. The monoisotopic (exact) mass is 629 g/mol. The summed E-state index contributed by atoms with van der Waals surface area (Å²) in [6.07, 6.45) is 6.66. The van der Waals surface area contributed by atoms with Crippen LogP contribution in [-0.2, 0) is 29.9 Å². The van der Waals surface area contributed by atoms with Crippen LogP contribution in [0.2, 0.25) is 0 Å². The Labute approximate surface area is 272 Å². The van der Waals surface area contributed by atoms with Gasteiger partial charge in [-0.3, -0.25) is 19.2 Å². The van der Waals surface area contributed by atoms with E-state index in [4.69, 9.17) is 9.84 Å². The summed E-state index contributed by atoms with van der Waals surface area (Å²) < 4.78 is 7.18. The molecule has 10 heteroatoms. The highest BCUT2D eigenvalue weighted by Crippen LogP contribution is 2.47. The van der Waals surface area contributed by atoms with Crippen LogP contribution in [0.3, 0.4) is 0 Å². The molecule has 0 radical (unpaired) electrons. The zero-order valence-electron chi connectivity index (χ0n) is 26.2. The number of rotatable bonds is 11. The third-order valence-electron chi connectivity index (χ3n) is 9.11. The van der Waals surface area contributed by atoms with Crippen molar-refractivity contribution >= 4 is 39.6 Å². The lowest BCUT2D eigenvalue weighted by molar-refractivity contribution is -0.139. The van der Waals surface area contributed by atoms with Crippen LogP contribution in [0.5, 0.6) is 5.75 Å². The molecule has 2 N–H and O–H groups in total. The summed E-state index contributed by atoms with van der Waals surface area (Å²) in [4.78, 5) is 31.1. The molecular formula is C37H35N5O5. The molecule has 3 heterocycles. The van der Waals surface area contributed by atoms with E-state index in [1.165, 1.54) is 0 Å². The minimum Gasteiger partial charge on any atom is -0.497 e. The van der Waals surface area contributed by atoms with Gasteiger partial charge in [0, 0.05) is 48.3 Å². The van der Waals surface area contributed by atoms with Crippen molar-refractivity contribution < 1.29 is 24.5 Å². The first kappa shape index (κ1) is 30.3. The molecule has 0 fully saturated rings. The quantitative estimate of drug-likeness (QED) is 0.191. The molecule has 0 saturated heterocycles.